The molecule has 0 spiro atoms. The molecule has 1 aliphatic heterocycles. The molecule has 0 saturated heterocycles. The van der Waals surface area contributed by atoms with Crippen LogP contribution in [0.2, 0.25) is 0 Å². The van der Waals surface area contributed by atoms with Crippen molar-refractivity contribution in [2.45, 2.75) is 26.5 Å². The highest BCUT2D eigenvalue weighted by atomic mass is 16.5. The molecule has 8 nitrogen and oxygen atoms in total. The Morgan fingerprint density at radius 2 is 1.73 bits per heavy atom. The van der Waals surface area contributed by atoms with E-state index in [-0.39, 0.29) is 0 Å². The number of carbonyl (C=O) groups is 1. The Kier molecular flexibility index (Phi) is 6.66. The molecule has 8 heteroatoms. The van der Waals surface area contributed by atoms with E-state index < -0.39 is 11.9 Å². The van der Waals surface area contributed by atoms with Gasteiger partial charge in [0, 0.05) is 11.3 Å². The lowest BCUT2D eigenvalue weighted by molar-refractivity contribution is -0.115. The van der Waals surface area contributed by atoms with E-state index in [0.29, 0.717) is 47.8 Å². The lowest BCUT2D eigenvalue weighted by Gasteiger charge is -2.28. The van der Waals surface area contributed by atoms with Crippen molar-refractivity contribution in [3.05, 3.63) is 113 Å². The third kappa shape index (κ3) is 4.64. The number of allylic oxidation sites excluding steroid dienone is 1. The van der Waals surface area contributed by atoms with Crippen molar-refractivity contribution in [1.82, 2.24) is 14.8 Å². The minimum absolute atomic E-state index is 0.404. The van der Waals surface area contributed by atoms with E-state index in [1.807, 2.05) is 86.6 Å². The third-order valence-corrected chi connectivity index (χ3v) is 6.97. The molecular weight excluding hydrogens is 502 g/mol. The number of carbonyl (C=O) groups excluding carboxylic acids is 1. The summed E-state index contributed by atoms with van der Waals surface area (Å²) in [6.45, 7) is 4.60. The number of benzene rings is 4. The van der Waals surface area contributed by atoms with Gasteiger partial charge in [0.2, 0.25) is 11.9 Å². The fourth-order valence-corrected chi connectivity index (χ4v) is 5.13. The van der Waals surface area contributed by atoms with Crippen molar-refractivity contribution in [3.8, 4) is 22.9 Å². The molecule has 2 heterocycles. The van der Waals surface area contributed by atoms with Crippen LogP contribution in [0.4, 0.5) is 5.95 Å². The van der Waals surface area contributed by atoms with Gasteiger partial charge in [0.1, 0.15) is 12.6 Å². The van der Waals surface area contributed by atoms with Crippen LogP contribution >= 0.6 is 0 Å². The molecule has 200 valence electrons. The van der Waals surface area contributed by atoms with Crippen molar-refractivity contribution < 1.29 is 14.3 Å². The number of fused-ring (bicyclic) bond motifs is 2. The molecule has 6 rings (SSSR count). The zero-order valence-electron chi connectivity index (χ0n) is 22.3. The van der Waals surface area contributed by atoms with E-state index >= 15 is 0 Å². The average Bonchev–Trinajstić information content (AvgIpc) is 3.39. The maximum atomic E-state index is 12.8. The normalized spacial score (nSPS) is 14.5. The van der Waals surface area contributed by atoms with Gasteiger partial charge >= 0.3 is 0 Å². The van der Waals surface area contributed by atoms with Crippen LogP contribution < -0.4 is 20.5 Å². The first-order valence-corrected chi connectivity index (χ1v) is 13.2. The molecule has 0 bridgehead atoms. The Balaban J connectivity index is 1.43. The number of nitrogens with one attached hydrogen (secondary N) is 1. The molecule has 0 aliphatic carbocycles. The molecule has 3 N–H and O–H groups in total. The summed E-state index contributed by atoms with van der Waals surface area (Å²) in [5.74, 6) is 1.73. The predicted molar refractivity (Wildman–Crippen MR) is 155 cm³/mol. The van der Waals surface area contributed by atoms with Crippen molar-refractivity contribution in [3.63, 3.8) is 0 Å². The fraction of sp³-hybridized carbons (Fsp3) is 0.156. The summed E-state index contributed by atoms with van der Waals surface area (Å²) in [4.78, 5) is 17.6. The minimum atomic E-state index is -0.604. The lowest BCUT2D eigenvalue weighted by atomic mass is 9.95. The standard InChI is InChI=1S/C32H29N5O3/c1-3-39-27-18-23(16-17-26(27)40-19-21-10-5-4-6-11-21)29-28(30(33)38)20(2)34-32-35-31(36-37(29)32)25-15-9-13-22-12-7-8-14-24(22)25/h4-18,29H,3,19H2,1-2H3,(H2,33,38)(H,34,35,36). The topological polar surface area (TPSA) is 104 Å². The Morgan fingerprint density at radius 3 is 2.52 bits per heavy atom. The van der Waals surface area contributed by atoms with Crippen LogP contribution in [0.25, 0.3) is 22.2 Å². The number of hydrogen-bond donors (Lipinski definition) is 2. The van der Waals surface area contributed by atoms with Gasteiger partial charge in [0.25, 0.3) is 0 Å². The molecule has 40 heavy (non-hydrogen) atoms. The molecule has 5 aromatic rings. The first-order chi connectivity index (χ1) is 19.5. The molecule has 1 atom stereocenters. The second-order valence-electron chi connectivity index (χ2n) is 9.57. The summed E-state index contributed by atoms with van der Waals surface area (Å²) in [5.41, 5.74) is 9.68. The van der Waals surface area contributed by atoms with Crippen LogP contribution in [-0.4, -0.2) is 27.3 Å². The van der Waals surface area contributed by atoms with E-state index in [4.69, 9.17) is 25.3 Å². The minimum Gasteiger partial charge on any atom is -0.490 e. The van der Waals surface area contributed by atoms with Gasteiger partial charge in [-0.05, 0) is 47.9 Å². The second kappa shape index (κ2) is 10.6. The van der Waals surface area contributed by atoms with Crippen LogP contribution in [0.15, 0.2) is 102 Å². The maximum Gasteiger partial charge on any atom is 0.248 e. The lowest BCUT2D eigenvalue weighted by Crippen LogP contribution is -2.31. The fourth-order valence-electron chi connectivity index (χ4n) is 5.13. The van der Waals surface area contributed by atoms with Crippen molar-refractivity contribution >= 4 is 22.6 Å². The maximum absolute atomic E-state index is 12.8. The number of aromatic nitrogens is 3. The molecule has 0 saturated carbocycles. The van der Waals surface area contributed by atoms with Crippen molar-refractivity contribution in [2.75, 3.05) is 11.9 Å². The van der Waals surface area contributed by atoms with Crippen molar-refractivity contribution in [2.24, 2.45) is 5.73 Å². The Morgan fingerprint density at radius 1 is 0.950 bits per heavy atom. The molecule has 1 unspecified atom stereocenters. The van der Waals surface area contributed by atoms with Gasteiger partial charge in [0.15, 0.2) is 17.3 Å². The van der Waals surface area contributed by atoms with Crippen LogP contribution in [0.1, 0.15) is 31.0 Å². The van der Waals surface area contributed by atoms with Crippen LogP contribution in [-0.2, 0) is 11.4 Å². The number of primary amides is 1. The number of rotatable bonds is 8. The van der Waals surface area contributed by atoms with Gasteiger partial charge in [0.05, 0.1) is 12.2 Å². The Bertz CT molecular complexity index is 1740. The largest absolute Gasteiger partial charge is 0.490 e. The highest BCUT2D eigenvalue weighted by molar-refractivity contribution is 5.96. The van der Waals surface area contributed by atoms with Gasteiger partial charge in [-0.15, -0.1) is 5.10 Å². The Hall–Kier alpha value is -5.11. The molecule has 1 aromatic heterocycles. The van der Waals surface area contributed by atoms with Gasteiger partial charge in [-0.1, -0.05) is 78.9 Å². The van der Waals surface area contributed by atoms with E-state index in [1.54, 1.807) is 4.68 Å². The predicted octanol–water partition coefficient (Wildman–Crippen LogP) is 5.85. The average molecular weight is 532 g/mol. The SMILES string of the molecule is CCOc1cc(C2C(C(N)=O)=C(C)Nc3nc(-c4cccc5ccccc45)nn32)ccc1OCc1ccccc1. The van der Waals surface area contributed by atoms with E-state index in [2.05, 4.69) is 23.5 Å². The van der Waals surface area contributed by atoms with Gasteiger partial charge in [-0.2, -0.15) is 4.98 Å². The van der Waals surface area contributed by atoms with Gasteiger partial charge < -0.3 is 20.5 Å². The summed E-state index contributed by atoms with van der Waals surface area (Å²) < 4.78 is 13.8. The molecular formula is C32H29N5O3. The van der Waals surface area contributed by atoms with Crippen LogP contribution in [0, 0.1) is 0 Å². The summed E-state index contributed by atoms with van der Waals surface area (Å²) >= 11 is 0. The number of ether oxygens (including phenoxy) is 2. The van der Waals surface area contributed by atoms with Crippen LogP contribution in [0.3, 0.4) is 0 Å². The molecule has 0 fully saturated rings. The quantitative estimate of drug-likeness (QED) is 0.260. The third-order valence-electron chi connectivity index (χ3n) is 6.97. The highest BCUT2D eigenvalue weighted by Gasteiger charge is 2.34. The monoisotopic (exact) mass is 531 g/mol. The van der Waals surface area contributed by atoms with E-state index in [0.717, 1.165) is 27.5 Å². The first kappa shape index (κ1) is 25.2. The van der Waals surface area contributed by atoms with Crippen LogP contribution in [0.5, 0.6) is 11.5 Å². The van der Waals surface area contributed by atoms with Gasteiger partial charge in [-0.3, -0.25) is 4.79 Å². The summed E-state index contributed by atoms with van der Waals surface area (Å²) in [7, 11) is 0. The van der Waals surface area contributed by atoms with Gasteiger partial charge in [-0.25, -0.2) is 4.68 Å². The van der Waals surface area contributed by atoms with Crippen molar-refractivity contribution in [1.29, 1.82) is 0 Å². The number of hydrogen-bond acceptors (Lipinski definition) is 6. The second-order valence-corrected chi connectivity index (χ2v) is 9.57. The molecule has 1 aliphatic rings. The smallest absolute Gasteiger partial charge is 0.248 e. The summed E-state index contributed by atoms with van der Waals surface area (Å²) in [5, 5.41) is 10.3. The molecule has 0 radical (unpaired) electrons. The number of nitrogens with zero attached hydrogens (tertiary/aromatic N) is 3. The number of anilines is 1. The zero-order chi connectivity index (χ0) is 27.6. The summed E-state index contributed by atoms with van der Waals surface area (Å²) in [6.07, 6.45) is 0. The summed E-state index contributed by atoms with van der Waals surface area (Å²) in [6, 6.07) is 29.2. The Labute approximate surface area is 232 Å². The molecule has 1 amide bonds. The van der Waals surface area contributed by atoms with E-state index in [9.17, 15) is 4.79 Å². The first-order valence-electron chi connectivity index (χ1n) is 13.2. The van der Waals surface area contributed by atoms with E-state index in [1.165, 1.54) is 0 Å². The number of nitrogens with two attached hydrogens (primary N) is 1. The highest BCUT2D eigenvalue weighted by Crippen LogP contribution is 2.40. The molecule has 4 aromatic carbocycles. The zero-order valence-corrected chi connectivity index (χ0v) is 22.3. The number of amides is 1.